The lowest BCUT2D eigenvalue weighted by molar-refractivity contribution is -0.119. The summed E-state index contributed by atoms with van der Waals surface area (Å²) in [5.41, 5.74) is 2.12. The molecule has 8 nitrogen and oxygen atoms in total. The molecule has 0 fully saturated rings. The number of hydrogen-bond acceptors (Lipinski definition) is 6. The molecule has 0 unspecified atom stereocenters. The Balaban J connectivity index is 1.86. The average Bonchev–Trinajstić information content (AvgIpc) is 2.86. The number of rotatable bonds is 10. The van der Waals surface area contributed by atoms with Gasteiger partial charge in [0.25, 0.3) is 10.0 Å². The monoisotopic (exact) mass is 562 g/mol. The zero-order chi connectivity index (χ0) is 25.6. The molecule has 35 heavy (non-hydrogen) atoms. The Labute approximate surface area is 214 Å². The number of nitrogens with one attached hydrogen (secondary N) is 1. The smallest absolute Gasteiger partial charge is 0.264 e. The summed E-state index contributed by atoms with van der Waals surface area (Å²) in [6.45, 7) is 1.69. The van der Waals surface area contributed by atoms with Gasteiger partial charge in [-0.05, 0) is 70.9 Å². The van der Waals surface area contributed by atoms with Crippen molar-refractivity contribution in [2.45, 2.75) is 18.4 Å². The van der Waals surface area contributed by atoms with Crippen LogP contribution in [0.3, 0.4) is 0 Å². The Kier molecular flexibility index (Phi) is 8.63. The van der Waals surface area contributed by atoms with Gasteiger partial charge in [-0.15, -0.1) is 0 Å². The van der Waals surface area contributed by atoms with E-state index in [2.05, 4.69) is 21.2 Å². The standard InChI is InChI=1S/C25H27BrN2O6S/c1-17-5-8-19(9-6-17)28(35(30,31)20-10-12-22(32-2)21(26)14-20)16-25(29)27-15-18-7-11-23(33-3)24(13-18)34-4/h5-14H,15-16H2,1-4H3,(H,27,29). The number of carbonyl (C=O) groups excluding carboxylic acids is 1. The maximum Gasteiger partial charge on any atom is 0.264 e. The van der Waals surface area contributed by atoms with Gasteiger partial charge >= 0.3 is 0 Å². The maximum atomic E-state index is 13.6. The molecule has 0 heterocycles. The summed E-state index contributed by atoms with van der Waals surface area (Å²) in [6, 6.07) is 16.7. The summed E-state index contributed by atoms with van der Waals surface area (Å²) < 4.78 is 44.5. The lowest BCUT2D eigenvalue weighted by atomic mass is 10.2. The molecule has 0 aliphatic rings. The van der Waals surface area contributed by atoms with Gasteiger partial charge in [0.2, 0.25) is 5.91 Å². The molecule has 0 aliphatic heterocycles. The quantitative estimate of drug-likeness (QED) is 0.396. The Bertz CT molecular complexity index is 1300. The number of aryl methyl sites for hydroxylation is 1. The normalized spacial score (nSPS) is 11.0. The maximum absolute atomic E-state index is 13.6. The number of anilines is 1. The second-order valence-corrected chi connectivity index (χ2v) is 10.3. The van der Waals surface area contributed by atoms with Gasteiger partial charge in [0, 0.05) is 6.54 Å². The first kappa shape index (κ1) is 26.4. The lowest BCUT2D eigenvalue weighted by Gasteiger charge is -2.24. The Morgan fingerprint density at radius 1 is 0.886 bits per heavy atom. The van der Waals surface area contributed by atoms with E-state index in [9.17, 15) is 13.2 Å². The Morgan fingerprint density at radius 3 is 2.11 bits per heavy atom. The van der Waals surface area contributed by atoms with Crippen molar-refractivity contribution in [3.63, 3.8) is 0 Å². The highest BCUT2D eigenvalue weighted by Crippen LogP contribution is 2.31. The molecule has 10 heteroatoms. The molecule has 0 saturated heterocycles. The van der Waals surface area contributed by atoms with Gasteiger partial charge in [0.05, 0.1) is 36.4 Å². The molecule has 3 aromatic carbocycles. The summed E-state index contributed by atoms with van der Waals surface area (Å²) in [5, 5.41) is 2.78. The first-order valence-electron chi connectivity index (χ1n) is 10.6. The molecular weight excluding hydrogens is 536 g/mol. The van der Waals surface area contributed by atoms with Crippen LogP contribution in [-0.4, -0.2) is 42.2 Å². The SMILES string of the molecule is COc1ccc(S(=O)(=O)N(CC(=O)NCc2ccc(OC)c(OC)c2)c2ccc(C)cc2)cc1Br. The number of carbonyl (C=O) groups is 1. The fraction of sp³-hybridized carbons (Fsp3) is 0.240. The average molecular weight is 563 g/mol. The lowest BCUT2D eigenvalue weighted by Crippen LogP contribution is -2.40. The number of methoxy groups -OCH3 is 3. The zero-order valence-corrected chi connectivity index (χ0v) is 22.3. The number of halogens is 1. The third kappa shape index (κ3) is 6.26. The van der Waals surface area contributed by atoms with E-state index in [0.29, 0.717) is 27.4 Å². The second-order valence-electron chi connectivity index (χ2n) is 7.61. The molecule has 186 valence electrons. The second kappa shape index (κ2) is 11.5. The van der Waals surface area contributed by atoms with Crippen molar-refractivity contribution in [1.82, 2.24) is 5.32 Å². The minimum atomic E-state index is -4.06. The van der Waals surface area contributed by atoms with Crippen molar-refractivity contribution >= 4 is 37.5 Å². The van der Waals surface area contributed by atoms with Crippen molar-refractivity contribution in [2.75, 3.05) is 32.2 Å². The number of amides is 1. The van der Waals surface area contributed by atoms with E-state index in [1.807, 2.05) is 6.92 Å². The first-order chi connectivity index (χ1) is 16.7. The Morgan fingerprint density at radius 2 is 1.51 bits per heavy atom. The Hall–Kier alpha value is -3.24. The molecule has 0 spiro atoms. The summed E-state index contributed by atoms with van der Waals surface area (Å²) >= 11 is 3.33. The van der Waals surface area contributed by atoms with Gasteiger partial charge < -0.3 is 19.5 Å². The molecule has 0 radical (unpaired) electrons. The van der Waals surface area contributed by atoms with Crippen LogP contribution in [0.25, 0.3) is 0 Å². The molecule has 0 bridgehead atoms. The van der Waals surface area contributed by atoms with Gasteiger partial charge in [-0.25, -0.2) is 8.42 Å². The first-order valence-corrected chi connectivity index (χ1v) is 12.8. The van der Waals surface area contributed by atoms with E-state index in [0.717, 1.165) is 15.4 Å². The van der Waals surface area contributed by atoms with E-state index >= 15 is 0 Å². The van der Waals surface area contributed by atoms with Crippen LogP contribution in [0.1, 0.15) is 11.1 Å². The fourth-order valence-corrected chi connectivity index (χ4v) is 5.48. The molecular formula is C25H27BrN2O6S. The van der Waals surface area contributed by atoms with Crippen LogP contribution in [0.15, 0.2) is 70.0 Å². The van der Waals surface area contributed by atoms with Crippen molar-refractivity contribution in [3.05, 3.63) is 76.3 Å². The van der Waals surface area contributed by atoms with Crippen LogP contribution in [-0.2, 0) is 21.4 Å². The van der Waals surface area contributed by atoms with E-state index < -0.39 is 22.5 Å². The van der Waals surface area contributed by atoms with Gasteiger partial charge in [-0.3, -0.25) is 9.10 Å². The van der Waals surface area contributed by atoms with Crippen molar-refractivity contribution < 1.29 is 27.4 Å². The number of benzene rings is 3. The molecule has 0 saturated carbocycles. The molecule has 3 aromatic rings. The van der Waals surface area contributed by atoms with Crippen LogP contribution in [0.4, 0.5) is 5.69 Å². The number of sulfonamides is 1. The molecule has 0 aliphatic carbocycles. The summed E-state index contributed by atoms with van der Waals surface area (Å²) in [4.78, 5) is 12.9. The van der Waals surface area contributed by atoms with Crippen molar-refractivity contribution in [1.29, 1.82) is 0 Å². The van der Waals surface area contributed by atoms with Crippen molar-refractivity contribution in [2.24, 2.45) is 0 Å². The summed E-state index contributed by atoms with van der Waals surface area (Å²) in [6.07, 6.45) is 0. The summed E-state index contributed by atoms with van der Waals surface area (Å²) in [5.74, 6) is 1.15. The topological polar surface area (TPSA) is 94.2 Å². The van der Waals surface area contributed by atoms with E-state index in [4.69, 9.17) is 14.2 Å². The van der Waals surface area contributed by atoms with Crippen LogP contribution in [0.5, 0.6) is 17.2 Å². The highest BCUT2D eigenvalue weighted by molar-refractivity contribution is 9.10. The van der Waals surface area contributed by atoms with E-state index in [1.54, 1.807) is 55.6 Å². The number of ether oxygens (including phenoxy) is 3. The van der Waals surface area contributed by atoms with Gasteiger partial charge in [0.1, 0.15) is 12.3 Å². The minimum absolute atomic E-state index is 0.0263. The van der Waals surface area contributed by atoms with Gasteiger partial charge in [0.15, 0.2) is 11.5 Å². The molecule has 3 rings (SSSR count). The number of nitrogens with zero attached hydrogens (tertiary/aromatic N) is 1. The zero-order valence-electron chi connectivity index (χ0n) is 19.9. The molecule has 0 aromatic heterocycles. The fourth-order valence-electron chi connectivity index (χ4n) is 3.34. The summed E-state index contributed by atoms with van der Waals surface area (Å²) in [7, 11) is 0.506. The molecule has 0 atom stereocenters. The highest BCUT2D eigenvalue weighted by Gasteiger charge is 2.28. The largest absolute Gasteiger partial charge is 0.496 e. The molecule has 1 N–H and O–H groups in total. The van der Waals surface area contributed by atoms with Crippen LogP contribution in [0.2, 0.25) is 0 Å². The van der Waals surface area contributed by atoms with Gasteiger partial charge in [-0.2, -0.15) is 0 Å². The van der Waals surface area contributed by atoms with Crippen LogP contribution >= 0.6 is 15.9 Å². The van der Waals surface area contributed by atoms with Crippen molar-refractivity contribution in [3.8, 4) is 17.2 Å². The van der Waals surface area contributed by atoms with Crippen LogP contribution < -0.4 is 23.8 Å². The van der Waals surface area contributed by atoms with E-state index in [-0.39, 0.29) is 11.4 Å². The van der Waals surface area contributed by atoms with Crippen LogP contribution in [0, 0.1) is 6.92 Å². The number of hydrogen-bond donors (Lipinski definition) is 1. The predicted molar refractivity (Wildman–Crippen MR) is 138 cm³/mol. The van der Waals surface area contributed by atoms with Gasteiger partial charge in [-0.1, -0.05) is 23.8 Å². The molecule has 1 amide bonds. The third-order valence-electron chi connectivity index (χ3n) is 5.26. The highest BCUT2D eigenvalue weighted by atomic mass is 79.9. The van der Waals surface area contributed by atoms with E-state index in [1.165, 1.54) is 26.4 Å². The predicted octanol–water partition coefficient (Wildman–Crippen LogP) is 4.30. The minimum Gasteiger partial charge on any atom is -0.496 e. The third-order valence-corrected chi connectivity index (χ3v) is 7.65.